The van der Waals surface area contributed by atoms with Gasteiger partial charge in [0.2, 0.25) is 0 Å². The first kappa shape index (κ1) is 16.4. The maximum atomic E-state index is 5.98. The number of piperidine rings is 2. The lowest BCUT2D eigenvalue weighted by Crippen LogP contribution is -2.37. The van der Waals surface area contributed by atoms with Gasteiger partial charge in [0.25, 0.3) is 0 Å². The van der Waals surface area contributed by atoms with Crippen molar-refractivity contribution in [1.29, 1.82) is 0 Å². The molecule has 3 saturated heterocycles. The van der Waals surface area contributed by atoms with Crippen LogP contribution in [0.5, 0.6) is 5.75 Å². The minimum absolute atomic E-state index is 0.647. The van der Waals surface area contributed by atoms with E-state index in [1.54, 1.807) is 0 Å². The molecule has 0 bridgehead atoms. The molecular formula is C21H32N2O. The van der Waals surface area contributed by atoms with Crippen molar-refractivity contribution in [1.82, 2.24) is 9.80 Å². The fraction of sp³-hybridized carbons (Fsp3) is 0.714. The zero-order valence-corrected chi connectivity index (χ0v) is 15.0. The summed E-state index contributed by atoms with van der Waals surface area (Å²) in [5.74, 6) is 1.03. The standard InChI is InChI=1S/C21H32N2O/c1-2-13-22(14-3-1)16-17-24-20-11-9-18(10-12-20)21-8-4-6-19-7-5-15-23(19)21/h9-12,19,21H,1-8,13-17H2/t19-,21+/m1/s1. The lowest BCUT2D eigenvalue weighted by atomic mass is 9.92. The highest BCUT2D eigenvalue weighted by atomic mass is 16.5. The molecule has 3 aliphatic heterocycles. The third kappa shape index (κ3) is 3.78. The first-order chi connectivity index (χ1) is 11.9. The van der Waals surface area contributed by atoms with Gasteiger partial charge in [-0.3, -0.25) is 9.80 Å². The van der Waals surface area contributed by atoms with Gasteiger partial charge in [-0.2, -0.15) is 0 Å². The van der Waals surface area contributed by atoms with Crippen LogP contribution in [0.3, 0.4) is 0 Å². The van der Waals surface area contributed by atoms with Crippen molar-refractivity contribution in [2.75, 3.05) is 32.8 Å². The molecule has 3 heteroatoms. The molecule has 0 unspecified atom stereocenters. The number of nitrogens with zero attached hydrogens (tertiary/aromatic N) is 2. The van der Waals surface area contributed by atoms with Gasteiger partial charge in [-0.1, -0.05) is 18.6 Å². The Hall–Kier alpha value is -1.06. The largest absolute Gasteiger partial charge is 0.492 e. The molecule has 3 aliphatic rings. The second-order valence-corrected chi connectivity index (χ2v) is 7.80. The monoisotopic (exact) mass is 328 g/mol. The van der Waals surface area contributed by atoms with E-state index in [0.717, 1.165) is 24.9 Å². The molecule has 0 aliphatic carbocycles. The highest BCUT2D eigenvalue weighted by Gasteiger charge is 2.34. The van der Waals surface area contributed by atoms with Crippen LogP contribution in [0.4, 0.5) is 0 Å². The minimum Gasteiger partial charge on any atom is -0.492 e. The van der Waals surface area contributed by atoms with Crippen LogP contribution in [0.15, 0.2) is 24.3 Å². The van der Waals surface area contributed by atoms with E-state index >= 15 is 0 Å². The van der Waals surface area contributed by atoms with Crippen molar-refractivity contribution in [2.45, 2.75) is 63.5 Å². The first-order valence-corrected chi connectivity index (χ1v) is 10.1. The highest BCUT2D eigenvalue weighted by molar-refractivity contribution is 5.29. The van der Waals surface area contributed by atoms with E-state index in [4.69, 9.17) is 4.74 Å². The van der Waals surface area contributed by atoms with Gasteiger partial charge in [0, 0.05) is 18.6 Å². The first-order valence-electron chi connectivity index (χ1n) is 10.1. The van der Waals surface area contributed by atoms with Gasteiger partial charge in [-0.05, 0) is 82.3 Å². The maximum Gasteiger partial charge on any atom is 0.119 e. The predicted octanol–water partition coefficient (Wildman–Crippen LogP) is 4.24. The van der Waals surface area contributed by atoms with E-state index in [1.807, 2.05) is 0 Å². The Morgan fingerprint density at radius 1 is 0.833 bits per heavy atom. The number of benzene rings is 1. The molecule has 3 heterocycles. The number of rotatable bonds is 5. The van der Waals surface area contributed by atoms with E-state index in [0.29, 0.717) is 6.04 Å². The maximum absolute atomic E-state index is 5.98. The summed E-state index contributed by atoms with van der Waals surface area (Å²) in [6.45, 7) is 5.68. The quantitative estimate of drug-likeness (QED) is 0.804. The van der Waals surface area contributed by atoms with E-state index in [2.05, 4.69) is 34.1 Å². The fourth-order valence-electron chi connectivity index (χ4n) is 4.91. The average molecular weight is 329 g/mol. The normalized spacial score (nSPS) is 28.7. The molecule has 4 rings (SSSR count). The van der Waals surface area contributed by atoms with E-state index in [9.17, 15) is 0 Å². The average Bonchev–Trinajstić information content (AvgIpc) is 3.12. The summed E-state index contributed by atoms with van der Waals surface area (Å²) in [5, 5.41) is 0. The molecule has 1 aromatic rings. The molecule has 132 valence electrons. The highest BCUT2D eigenvalue weighted by Crippen LogP contribution is 2.39. The van der Waals surface area contributed by atoms with Crippen molar-refractivity contribution >= 4 is 0 Å². The molecule has 0 amide bonds. The lowest BCUT2D eigenvalue weighted by molar-refractivity contribution is 0.123. The molecule has 0 N–H and O–H groups in total. The van der Waals surface area contributed by atoms with Crippen LogP contribution in [0, 0.1) is 0 Å². The number of hydrogen-bond donors (Lipinski definition) is 0. The number of hydrogen-bond acceptors (Lipinski definition) is 3. The van der Waals surface area contributed by atoms with E-state index in [-0.39, 0.29) is 0 Å². The lowest BCUT2D eigenvalue weighted by Gasteiger charge is -2.38. The summed E-state index contributed by atoms with van der Waals surface area (Å²) >= 11 is 0. The van der Waals surface area contributed by atoms with Gasteiger partial charge < -0.3 is 4.74 Å². The Morgan fingerprint density at radius 2 is 1.62 bits per heavy atom. The van der Waals surface area contributed by atoms with Crippen molar-refractivity contribution in [3.8, 4) is 5.75 Å². The van der Waals surface area contributed by atoms with Crippen LogP contribution in [0.25, 0.3) is 0 Å². The van der Waals surface area contributed by atoms with Crippen LogP contribution in [-0.4, -0.2) is 48.6 Å². The van der Waals surface area contributed by atoms with Crippen molar-refractivity contribution < 1.29 is 4.74 Å². The summed E-state index contributed by atoms with van der Waals surface area (Å²) in [6.07, 6.45) is 11.0. The summed E-state index contributed by atoms with van der Waals surface area (Å²) < 4.78 is 5.98. The summed E-state index contributed by atoms with van der Waals surface area (Å²) in [5.41, 5.74) is 1.49. The van der Waals surface area contributed by atoms with Gasteiger partial charge >= 0.3 is 0 Å². The van der Waals surface area contributed by atoms with Crippen molar-refractivity contribution in [3.05, 3.63) is 29.8 Å². The van der Waals surface area contributed by atoms with Crippen LogP contribution in [0.1, 0.15) is 63.0 Å². The third-order valence-corrected chi connectivity index (χ3v) is 6.23. The molecule has 3 fully saturated rings. The molecule has 2 atom stereocenters. The predicted molar refractivity (Wildman–Crippen MR) is 98.5 cm³/mol. The smallest absolute Gasteiger partial charge is 0.119 e. The van der Waals surface area contributed by atoms with Crippen LogP contribution < -0.4 is 4.74 Å². The Balaban J connectivity index is 1.29. The van der Waals surface area contributed by atoms with Gasteiger partial charge in [0.1, 0.15) is 12.4 Å². The van der Waals surface area contributed by atoms with Crippen LogP contribution in [-0.2, 0) is 0 Å². The van der Waals surface area contributed by atoms with Crippen LogP contribution in [0.2, 0.25) is 0 Å². The van der Waals surface area contributed by atoms with E-state index < -0.39 is 0 Å². The van der Waals surface area contributed by atoms with Crippen molar-refractivity contribution in [2.24, 2.45) is 0 Å². The zero-order chi connectivity index (χ0) is 16.2. The Labute approximate surface area is 147 Å². The van der Waals surface area contributed by atoms with Gasteiger partial charge in [0.15, 0.2) is 0 Å². The molecule has 1 aromatic carbocycles. The third-order valence-electron chi connectivity index (χ3n) is 6.23. The molecule has 24 heavy (non-hydrogen) atoms. The van der Waals surface area contributed by atoms with Gasteiger partial charge in [0.05, 0.1) is 0 Å². The fourth-order valence-corrected chi connectivity index (χ4v) is 4.91. The molecule has 0 radical (unpaired) electrons. The minimum atomic E-state index is 0.647. The summed E-state index contributed by atoms with van der Waals surface area (Å²) in [7, 11) is 0. The summed E-state index contributed by atoms with van der Waals surface area (Å²) in [6, 6.07) is 10.5. The number of likely N-dealkylation sites (tertiary alicyclic amines) is 1. The SMILES string of the molecule is c1cc([C@@H]2CCC[C@@H]3CCCN32)ccc1OCCN1CCCCC1. The van der Waals surface area contributed by atoms with Gasteiger partial charge in [-0.15, -0.1) is 0 Å². The Kier molecular flexibility index (Phi) is 5.39. The van der Waals surface area contributed by atoms with Gasteiger partial charge in [-0.25, -0.2) is 0 Å². The second-order valence-electron chi connectivity index (χ2n) is 7.80. The molecule has 0 spiro atoms. The van der Waals surface area contributed by atoms with E-state index in [1.165, 1.54) is 76.6 Å². The van der Waals surface area contributed by atoms with Crippen LogP contribution >= 0.6 is 0 Å². The van der Waals surface area contributed by atoms with Crippen molar-refractivity contribution in [3.63, 3.8) is 0 Å². The second kappa shape index (κ2) is 7.88. The number of fused-ring (bicyclic) bond motifs is 1. The Bertz CT molecular complexity index is 509. The zero-order valence-electron chi connectivity index (χ0n) is 15.0. The topological polar surface area (TPSA) is 15.7 Å². The molecule has 0 aromatic heterocycles. The molecular weight excluding hydrogens is 296 g/mol. The molecule has 0 saturated carbocycles. The number of ether oxygens (including phenoxy) is 1. The Morgan fingerprint density at radius 3 is 2.46 bits per heavy atom. The molecule has 3 nitrogen and oxygen atoms in total. The summed E-state index contributed by atoms with van der Waals surface area (Å²) in [4.78, 5) is 5.29.